The van der Waals surface area contributed by atoms with Gasteiger partial charge in [-0.15, -0.1) is 0 Å². The van der Waals surface area contributed by atoms with E-state index in [-0.39, 0.29) is 10.6 Å². The summed E-state index contributed by atoms with van der Waals surface area (Å²) in [5.41, 5.74) is 0.00139. The van der Waals surface area contributed by atoms with Gasteiger partial charge in [-0.1, -0.05) is 6.92 Å². The first-order chi connectivity index (χ1) is 9.96. The van der Waals surface area contributed by atoms with E-state index in [1.54, 1.807) is 0 Å². The van der Waals surface area contributed by atoms with Crippen molar-refractivity contribution in [3.63, 3.8) is 0 Å². The van der Waals surface area contributed by atoms with Crippen molar-refractivity contribution in [3.8, 4) is 0 Å². The normalized spacial score (nSPS) is 17.6. The van der Waals surface area contributed by atoms with Crippen LogP contribution in [0.3, 0.4) is 0 Å². The molecular weight excluding hydrogens is 296 g/mol. The monoisotopic (exact) mass is 316 g/mol. The Bertz CT molecular complexity index is 600. The molecule has 8 heteroatoms. The topological polar surface area (TPSA) is 88.8 Å². The zero-order valence-corrected chi connectivity index (χ0v) is 12.8. The highest BCUT2D eigenvalue weighted by atomic mass is 32.2. The summed E-state index contributed by atoms with van der Waals surface area (Å²) in [4.78, 5) is 11.3. The Morgan fingerprint density at radius 1 is 1.38 bits per heavy atom. The van der Waals surface area contributed by atoms with Crippen molar-refractivity contribution < 1.29 is 23.1 Å². The van der Waals surface area contributed by atoms with Crippen molar-refractivity contribution in [3.05, 3.63) is 18.0 Å². The average Bonchev–Trinajstić information content (AvgIpc) is 2.68. The molecule has 1 saturated heterocycles. The van der Waals surface area contributed by atoms with E-state index in [1.807, 2.05) is 6.92 Å². The maximum atomic E-state index is 12.6. The van der Waals surface area contributed by atoms with Gasteiger partial charge in [-0.25, -0.2) is 13.2 Å². The Kier molecular flexibility index (Phi) is 5.02. The van der Waals surface area contributed by atoms with E-state index in [0.717, 1.165) is 6.42 Å². The highest BCUT2D eigenvalue weighted by Crippen LogP contribution is 2.20. The molecule has 118 valence electrons. The second-order valence-corrected chi connectivity index (χ2v) is 6.87. The number of carbonyl (C=O) groups is 1. The smallest absolute Gasteiger partial charge is 0.352 e. The lowest BCUT2D eigenvalue weighted by Gasteiger charge is -2.18. The number of aromatic nitrogens is 1. The van der Waals surface area contributed by atoms with Gasteiger partial charge in [0.15, 0.2) is 0 Å². The molecule has 2 rings (SSSR count). The van der Waals surface area contributed by atoms with Gasteiger partial charge in [-0.2, -0.15) is 4.31 Å². The lowest BCUT2D eigenvalue weighted by molar-refractivity contribution is 0.0685. The lowest BCUT2D eigenvalue weighted by Crippen LogP contribution is -2.33. The number of hydrogen-bond donors (Lipinski definition) is 1. The van der Waals surface area contributed by atoms with Crippen LogP contribution < -0.4 is 0 Å². The minimum Gasteiger partial charge on any atom is -0.477 e. The number of sulfonamides is 1. The Labute approximate surface area is 124 Å². The molecule has 1 aromatic heterocycles. The molecule has 1 aromatic rings. The quantitative estimate of drug-likeness (QED) is 0.875. The van der Waals surface area contributed by atoms with Gasteiger partial charge in [0.25, 0.3) is 0 Å². The fourth-order valence-electron chi connectivity index (χ4n) is 2.34. The fraction of sp³-hybridized carbons (Fsp3) is 0.615. The van der Waals surface area contributed by atoms with Crippen LogP contribution in [0.2, 0.25) is 0 Å². The second kappa shape index (κ2) is 6.59. The fourth-order valence-corrected chi connectivity index (χ4v) is 3.85. The zero-order chi connectivity index (χ0) is 15.5. The molecule has 1 N–H and O–H groups in total. The largest absolute Gasteiger partial charge is 0.477 e. The molecule has 0 radical (unpaired) electrons. The SMILES string of the molecule is CCCn1cc(S(=O)(=O)N2CCCOCC2)cc1C(=O)O. The number of carboxylic acid groups (broad SMARTS) is 1. The first-order valence-electron chi connectivity index (χ1n) is 6.98. The Morgan fingerprint density at radius 3 is 2.81 bits per heavy atom. The maximum Gasteiger partial charge on any atom is 0.352 e. The molecule has 0 saturated carbocycles. The summed E-state index contributed by atoms with van der Waals surface area (Å²) in [6, 6.07) is 1.24. The molecule has 0 amide bonds. The van der Waals surface area contributed by atoms with E-state index in [1.165, 1.54) is 21.1 Å². The van der Waals surface area contributed by atoms with Gasteiger partial charge >= 0.3 is 5.97 Å². The van der Waals surface area contributed by atoms with Crippen molar-refractivity contribution in [2.45, 2.75) is 31.2 Å². The minimum atomic E-state index is -3.67. The first kappa shape index (κ1) is 16.0. The van der Waals surface area contributed by atoms with Crippen LogP contribution >= 0.6 is 0 Å². The number of carboxylic acids is 1. The van der Waals surface area contributed by atoms with Crippen LogP contribution in [0.15, 0.2) is 17.2 Å². The van der Waals surface area contributed by atoms with Crippen molar-refractivity contribution in [1.29, 1.82) is 0 Å². The Hall–Kier alpha value is -1.38. The third kappa shape index (κ3) is 3.45. The van der Waals surface area contributed by atoms with Crippen LogP contribution in [0.25, 0.3) is 0 Å². The van der Waals surface area contributed by atoms with Gasteiger partial charge in [0.2, 0.25) is 10.0 Å². The highest BCUT2D eigenvalue weighted by Gasteiger charge is 2.28. The van der Waals surface area contributed by atoms with Crippen LogP contribution in [-0.2, 0) is 21.3 Å². The van der Waals surface area contributed by atoms with E-state index in [0.29, 0.717) is 39.3 Å². The molecule has 0 aliphatic carbocycles. The molecule has 0 unspecified atom stereocenters. The summed E-state index contributed by atoms with van der Waals surface area (Å²) in [5.74, 6) is -1.12. The molecule has 0 bridgehead atoms. The van der Waals surface area contributed by atoms with Crippen molar-refractivity contribution in [2.24, 2.45) is 0 Å². The van der Waals surface area contributed by atoms with Crippen LogP contribution in [0.4, 0.5) is 0 Å². The summed E-state index contributed by atoms with van der Waals surface area (Å²) >= 11 is 0. The van der Waals surface area contributed by atoms with E-state index >= 15 is 0 Å². The molecular formula is C13H20N2O5S. The predicted molar refractivity (Wildman–Crippen MR) is 75.9 cm³/mol. The summed E-state index contributed by atoms with van der Waals surface area (Å²) < 4.78 is 33.3. The van der Waals surface area contributed by atoms with Crippen molar-refractivity contribution in [1.82, 2.24) is 8.87 Å². The molecule has 0 aromatic carbocycles. The van der Waals surface area contributed by atoms with Gasteiger partial charge in [-0.05, 0) is 18.9 Å². The summed E-state index contributed by atoms with van der Waals surface area (Å²) in [5, 5.41) is 9.18. The standard InChI is InChI=1S/C13H20N2O5S/c1-2-4-14-10-11(9-12(14)13(16)17)21(18,19)15-5-3-7-20-8-6-15/h9-10H,2-8H2,1H3,(H,16,17). The van der Waals surface area contributed by atoms with Gasteiger partial charge < -0.3 is 14.4 Å². The van der Waals surface area contributed by atoms with Crippen molar-refractivity contribution in [2.75, 3.05) is 26.3 Å². The van der Waals surface area contributed by atoms with Gasteiger partial charge in [0.05, 0.1) is 6.61 Å². The summed E-state index contributed by atoms with van der Waals surface area (Å²) in [6.07, 6.45) is 2.78. The van der Waals surface area contributed by atoms with Crippen LogP contribution in [0.5, 0.6) is 0 Å². The number of hydrogen-bond acceptors (Lipinski definition) is 4. The Balaban J connectivity index is 2.35. The molecule has 7 nitrogen and oxygen atoms in total. The summed E-state index contributed by atoms with van der Waals surface area (Å²) in [7, 11) is -3.67. The first-order valence-corrected chi connectivity index (χ1v) is 8.42. The second-order valence-electron chi connectivity index (χ2n) is 4.93. The number of ether oxygens (including phenoxy) is 1. The summed E-state index contributed by atoms with van der Waals surface area (Å²) in [6.45, 7) is 3.98. The molecule has 21 heavy (non-hydrogen) atoms. The number of rotatable bonds is 5. The van der Waals surface area contributed by atoms with Crippen LogP contribution in [0.1, 0.15) is 30.3 Å². The predicted octanol–water partition coefficient (Wildman–Crippen LogP) is 1.01. The van der Waals surface area contributed by atoms with E-state index in [4.69, 9.17) is 4.74 Å². The number of aromatic carboxylic acids is 1. The van der Waals surface area contributed by atoms with Gasteiger partial charge in [0.1, 0.15) is 10.6 Å². The van der Waals surface area contributed by atoms with E-state index in [9.17, 15) is 18.3 Å². The number of nitrogens with zero attached hydrogens (tertiary/aromatic N) is 2. The molecule has 0 atom stereocenters. The molecule has 1 aliphatic heterocycles. The number of aryl methyl sites for hydroxylation is 1. The Morgan fingerprint density at radius 2 is 2.14 bits per heavy atom. The minimum absolute atomic E-state index is 0.00139. The van der Waals surface area contributed by atoms with Gasteiger partial charge in [0, 0.05) is 32.4 Å². The third-order valence-corrected chi connectivity index (χ3v) is 5.24. The molecule has 1 aliphatic rings. The average molecular weight is 316 g/mol. The molecule has 2 heterocycles. The van der Waals surface area contributed by atoms with Gasteiger partial charge in [-0.3, -0.25) is 0 Å². The molecule has 1 fully saturated rings. The molecule has 0 spiro atoms. The zero-order valence-electron chi connectivity index (χ0n) is 12.0. The maximum absolute atomic E-state index is 12.6. The van der Waals surface area contributed by atoms with E-state index in [2.05, 4.69) is 0 Å². The van der Waals surface area contributed by atoms with E-state index < -0.39 is 16.0 Å². The van der Waals surface area contributed by atoms with Crippen LogP contribution in [0, 0.1) is 0 Å². The highest BCUT2D eigenvalue weighted by molar-refractivity contribution is 7.89. The third-order valence-electron chi connectivity index (χ3n) is 3.37. The van der Waals surface area contributed by atoms with Crippen LogP contribution in [-0.4, -0.2) is 54.7 Å². The lowest BCUT2D eigenvalue weighted by atomic mass is 10.4. The van der Waals surface area contributed by atoms with Crippen molar-refractivity contribution >= 4 is 16.0 Å².